The van der Waals surface area contributed by atoms with Gasteiger partial charge in [-0.2, -0.15) is 0 Å². The van der Waals surface area contributed by atoms with Crippen LogP contribution in [-0.4, -0.2) is 39.4 Å². The number of carbonyl (C=O) groups is 1. The lowest BCUT2D eigenvalue weighted by atomic mass is 10.3. The van der Waals surface area contributed by atoms with E-state index in [9.17, 15) is 4.79 Å². The Bertz CT molecular complexity index is 607. The molecule has 0 spiro atoms. The van der Waals surface area contributed by atoms with Gasteiger partial charge in [0.05, 0.1) is 38.0 Å². The van der Waals surface area contributed by atoms with E-state index in [0.29, 0.717) is 12.4 Å². The molecule has 0 bridgehead atoms. The molecule has 0 unspecified atom stereocenters. The molecule has 0 aliphatic carbocycles. The molecule has 2 aromatic heterocycles. The lowest BCUT2D eigenvalue weighted by Crippen LogP contribution is -2.05. The van der Waals surface area contributed by atoms with Crippen molar-refractivity contribution in [2.45, 2.75) is 26.7 Å². The molecule has 0 atom stereocenters. The molecule has 7 heteroatoms. The molecule has 0 aromatic carbocycles. The highest BCUT2D eigenvalue weighted by Crippen LogP contribution is 2.18. The first-order valence-electron chi connectivity index (χ1n) is 6.81. The van der Waals surface area contributed by atoms with Crippen LogP contribution in [0.5, 0.6) is 5.88 Å². The summed E-state index contributed by atoms with van der Waals surface area (Å²) in [6.45, 7) is 4.12. The van der Waals surface area contributed by atoms with Gasteiger partial charge in [-0.15, -0.1) is 5.10 Å². The van der Waals surface area contributed by atoms with E-state index < -0.39 is 5.97 Å². The van der Waals surface area contributed by atoms with Crippen LogP contribution in [0.3, 0.4) is 0 Å². The number of aromatic nitrogens is 4. The summed E-state index contributed by atoms with van der Waals surface area (Å²) in [6, 6.07) is 0. The van der Waals surface area contributed by atoms with Crippen LogP contribution in [-0.2, 0) is 11.2 Å². The third kappa shape index (κ3) is 3.36. The molecule has 0 aliphatic rings. The number of nitrogens with zero attached hydrogens (tertiary/aromatic N) is 4. The van der Waals surface area contributed by atoms with Crippen molar-refractivity contribution in [3.8, 4) is 11.7 Å². The minimum Gasteiger partial charge on any atom is -0.479 e. The number of ether oxygens (including phenoxy) is 2. The van der Waals surface area contributed by atoms with Crippen LogP contribution in [0.2, 0.25) is 0 Å². The summed E-state index contributed by atoms with van der Waals surface area (Å²) in [7, 11) is 1.45. The zero-order valence-corrected chi connectivity index (χ0v) is 12.4. The third-order valence-electron chi connectivity index (χ3n) is 2.80. The maximum atomic E-state index is 11.8. The number of aryl methyl sites for hydroxylation is 1. The maximum absolute atomic E-state index is 11.8. The Morgan fingerprint density at radius 2 is 2.10 bits per heavy atom. The lowest BCUT2D eigenvalue weighted by Gasteiger charge is -2.01. The van der Waals surface area contributed by atoms with Gasteiger partial charge in [0.15, 0.2) is 5.82 Å². The molecule has 7 nitrogen and oxygen atoms in total. The lowest BCUT2D eigenvalue weighted by molar-refractivity contribution is 0.0522. The fourth-order valence-electron chi connectivity index (χ4n) is 1.83. The summed E-state index contributed by atoms with van der Waals surface area (Å²) >= 11 is 0. The summed E-state index contributed by atoms with van der Waals surface area (Å²) < 4.78 is 11.5. The molecule has 0 fully saturated rings. The highest BCUT2D eigenvalue weighted by molar-refractivity contribution is 5.91. The number of hydrogen-bond donors (Lipinski definition) is 0. The Morgan fingerprint density at radius 3 is 2.67 bits per heavy atom. The molecule has 0 aliphatic heterocycles. The van der Waals surface area contributed by atoms with Gasteiger partial charge in [-0.1, -0.05) is 13.3 Å². The summed E-state index contributed by atoms with van der Waals surface area (Å²) in [5.41, 5.74) is 1.18. The molecule has 2 rings (SSSR count). The molecular weight excluding hydrogens is 272 g/mol. The van der Waals surface area contributed by atoms with Crippen LogP contribution in [0, 0.1) is 0 Å². The minimum absolute atomic E-state index is 0.202. The average molecular weight is 290 g/mol. The minimum atomic E-state index is -0.476. The van der Waals surface area contributed by atoms with E-state index in [0.717, 1.165) is 18.5 Å². The van der Waals surface area contributed by atoms with E-state index in [2.05, 4.69) is 22.0 Å². The van der Waals surface area contributed by atoms with Crippen LogP contribution in [0.25, 0.3) is 5.82 Å². The Balaban J connectivity index is 2.29. The summed E-state index contributed by atoms with van der Waals surface area (Å²) in [6.07, 6.45) is 6.74. The van der Waals surface area contributed by atoms with Crippen molar-refractivity contribution in [3.63, 3.8) is 0 Å². The largest absolute Gasteiger partial charge is 0.479 e. The van der Waals surface area contributed by atoms with Crippen molar-refractivity contribution < 1.29 is 14.3 Å². The highest BCUT2D eigenvalue weighted by atomic mass is 16.5. The molecular formula is C14H18N4O3. The van der Waals surface area contributed by atoms with Crippen LogP contribution in [0.4, 0.5) is 0 Å². The number of methoxy groups -OCH3 is 1. The van der Waals surface area contributed by atoms with Crippen molar-refractivity contribution in [1.82, 2.24) is 19.7 Å². The van der Waals surface area contributed by atoms with Crippen LogP contribution in [0.1, 0.15) is 36.3 Å². The number of carbonyl (C=O) groups excluding carboxylic acids is 1. The second-order valence-electron chi connectivity index (χ2n) is 4.33. The Labute approximate surface area is 122 Å². The first-order chi connectivity index (χ1) is 10.2. The van der Waals surface area contributed by atoms with Gasteiger partial charge in [-0.05, 0) is 13.3 Å². The van der Waals surface area contributed by atoms with Crippen molar-refractivity contribution in [2.75, 3.05) is 13.7 Å². The fraction of sp³-hybridized carbons (Fsp3) is 0.429. The molecule has 0 radical (unpaired) electrons. The first-order valence-corrected chi connectivity index (χ1v) is 6.81. The Hall–Kier alpha value is -2.44. The third-order valence-corrected chi connectivity index (χ3v) is 2.80. The smallest absolute Gasteiger partial charge is 0.345 e. The van der Waals surface area contributed by atoms with Gasteiger partial charge < -0.3 is 9.47 Å². The van der Waals surface area contributed by atoms with E-state index >= 15 is 0 Å². The SMILES string of the molecule is CCCc1cnc(-n2cc(C(=O)OCC)c(OC)n2)cn1. The van der Waals surface area contributed by atoms with E-state index in [1.807, 2.05) is 0 Å². The van der Waals surface area contributed by atoms with E-state index in [1.54, 1.807) is 19.3 Å². The summed E-state index contributed by atoms with van der Waals surface area (Å²) in [5, 5.41) is 4.17. The molecule has 2 heterocycles. The van der Waals surface area contributed by atoms with Crippen LogP contribution < -0.4 is 4.74 Å². The predicted octanol–water partition coefficient (Wildman–Crippen LogP) is 1.80. The number of esters is 1. The van der Waals surface area contributed by atoms with Gasteiger partial charge in [-0.3, -0.25) is 4.98 Å². The molecule has 0 amide bonds. The van der Waals surface area contributed by atoms with Gasteiger partial charge in [-0.25, -0.2) is 14.5 Å². The van der Waals surface area contributed by atoms with Gasteiger partial charge in [0.1, 0.15) is 5.56 Å². The molecule has 2 aromatic rings. The monoisotopic (exact) mass is 290 g/mol. The van der Waals surface area contributed by atoms with Gasteiger partial charge >= 0.3 is 5.97 Å². The zero-order valence-electron chi connectivity index (χ0n) is 12.4. The number of rotatable bonds is 6. The van der Waals surface area contributed by atoms with Crippen molar-refractivity contribution in [2.24, 2.45) is 0 Å². The second kappa shape index (κ2) is 6.83. The van der Waals surface area contributed by atoms with Crippen LogP contribution >= 0.6 is 0 Å². The second-order valence-corrected chi connectivity index (χ2v) is 4.33. The van der Waals surface area contributed by atoms with E-state index in [1.165, 1.54) is 18.0 Å². The molecule has 0 N–H and O–H groups in total. The van der Waals surface area contributed by atoms with Gasteiger partial charge in [0, 0.05) is 0 Å². The topological polar surface area (TPSA) is 79.1 Å². The maximum Gasteiger partial charge on any atom is 0.345 e. The van der Waals surface area contributed by atoms with Crippen molar-refractivity contribution in [3.05, 3.63) is 29.8 Å². The fourth-order valence-corrected chi connectivity index (χ4v) is 1.83. The predicted molar refractivity (Wildman–Crippen MR) is 75.7 cm³/mol. The standard InChI is InChI=1S/C14H18N4O3/c1-4-6-10-7-16-12(8-15-10)18-9-11(13(17-18)20-3)14(19)21-5-2/h7-9H,4-6H2,1-3H3. The summed E-state index contributed by atoms with van der Waals surface area (Å²) in [5.74, 6) is 0.243. The molecule has 112 valence electrons. The van der Waals surface area contributed by atoms with Crippen LogP contribution in [0.15, 0.2) is 18.6 Å². The zero-order chi connectivity index (χ0) is 15.2. The molecule has 0 saturated heterocycles. The average Bonchev–Trinajstić information content (AvgIpc) is 2.93. The van der Waals surface area contributed by atoms with Gasteiger partial charge in [0.25, 0.3) is 0 Å². The van der Waals surface area contributed by atoms with Crippen molar-refractivity contribution >= 4 is 5.97 Å². The van der Waals surface area contributed by atoms with Gasteiger partial charge in [0.2, 0.25) is 5.88 Å². The Morgan fingerprint density at radius 1 is 1.29 bits per heavy atom. The van der Waals surface area contributed by atoms with E-state index in [-0.39, 0.29) is 11.4 Å². The first kappa shape index (κ1) is 15.0. The quantitative estimate of drug-likeness (QED) is 0.755. The Kier molecular flexibility index (Phi) is 4.86. The molecule has 21 heavy (non-hydrogen) atoms. The molecule has 0 saturated carbocycles. The number of hydrogen-bond acceptors (Lipinski definition) is 6. The highest BCUT2D eigenvalue weighted by Gasteiger charge is 2.19. The van der Waals surface area contributed by atoms with Crippen molar-refractivity contribution in [1.29, 1.82) is 0 Å². The summed E-state index contributed by atoms with van der Waals surface area (Å²) in [4.78, 5) is 20.4. The normalized spacial score (nSPS) is 10.4. The van der Waals surface area contributed by atoms with E-state index in [4.69, 9.17) is 9.47 Å².